The Morgan fingerprint density at radius 2 is 2.13 bits per heavy atom. The van der Waals surface area contributed by atoms with Crippen LogP contribution in [0.1, 0.15) is 11.5 Å². The number of aryl methyl sites for hydroxylation is 1. The van der Waals surface area contributed by atoms with Gasteiger partial charge in [-0.15, -0.1) is 0 Å². The average Bonchev–Trinajstić information content (AvgIpc) is 2.69. The van der Waals surface area contributed by atoms with Crippen LogP contribution in [-0.4, -0.2) is 73.0 Å². The standard InChI is InChI=1S/C14H23N5O3S/c1-11-16-5-4-13(17-11)10-18-6-7-19(23(3,21)22)9-12(8-18)14(20)15-2/h4-5,12H,6-10H2,1-3H3,(H,15,20). The summed E-state index contributed by atoms with van der Waals surface area (Å²) in [7, 11) is -1.76. The lowest BCUT2D eigenvalue weighted by molar-refractivity contribution is -0.125. The highest BCUT2D eigenvalue weighted by Crippen LogP contribution is 2.15. The number of amides is 1. The number of nitrogens with zero attached hydrogens (tertiary/aromatic N) is 4. The maximum Gasteiger partial charge on any atom is 0.225 e. The van der Waals surface area contributed by atoms with E-state index in [0.717, 1.165) is 5.69 Å². The number of aromatic nitrogens is 2. The van der Waals surface area contributed by atoms with Crippen LogP contribution in [0.3, 0.4) is 0 Å². The summed E-state index contributed by atoms with van der Waals surface area (Å²) in [6.45, 7) is 4.02. The minimum absolute atomic E-state index is 0.149. The second kappa shape index (κ2) is 7.33. The Morgan fingerprint density at radius 1 is 1.39 bits per heavy atom. The lowest BCUT2D eigenvalue weighted by Gasteiger charge is -2.22. The number of nitrogens with one attached hydrogen (secondary N) is 1. The summed E-state index contributed by atoms with van der Waals surface area (Å²) in [4.78, 5) is 22.6. The Hall–Kier alpha value is -1.58. The van der Waals surface area contributed by atoms with E-state index < -0.39 is 15.9 Å². The van der Waals surface area contributed by atoms with Gasteiger partial charge in [-0.2, -0.15) is 0 Å². The second-order valence-corrected chi connectivity index (χ2v) is 7.74. The van der Waals surface area contributed by atoms with Crippen LogP contribution >= 0.6 is 0 Å². The minimum atomic E-state index is -3.33. The molecule has 1 unspecified atom stereocenters. The number of rotatable bonds is 4. The van der Waals surface area contributed by atoms with Crippen LogP contribution < -0.4 is 5.32 Å². The van der Waals surface area contributed by atoms with Crippen molar-refractivity contribution in [1.29, 1.82) is 0 Å². The van der Waals surface area contributed by atoms with Gasteiger partial charge in [0.2, 0.25) is 15.9 Å². The summed E-state index contributed by atoms with van der Waals surface area (Å²) < 4.78 is 25.1. The molecule has 1 fully saturated rings. The van der Waals surface area contributed by atoms with Crippen LogP contribution in [-0.2, 0) is 21.4 Å². The third kappa shape index (κ3) is 4.95. The molecule has 1 saturated heterocycles. The van der Waals surface area contributed by atoms with Crippen LogP contribution in [0.25, 0.3) is 0 Å². The normalized spacial score (nSPS) is 20.9. The number of sulfonamides is 1. The molecule has 1 aliphatic rings. The van der Waals surface area contributed by atoms with Gasteiger partial charge in [0, 0.05) is 46.0 Å². The van der Waals surface area contributed by atoms with Gasteiger partial charge in [-0.25, -0.2) is 22.7 Å². The highest BCUT2D eigenvalue weighted by atomic mass is 32.2. The van der Waals surface area contributed by atoms with Crippen LogP contribution in [0.15, 0.2) is 12.3 Å². The van der Waals surface area contributed by atoms with Crippen molar-refractivity contribution in [2.45, 2.75) is 13.5 Å². The summed E-state index contributed by atoms with van der Waals surface area (Å²) in [6.07, 6.45) is 2.88. The zero-order valence-electron chi connectivity index (χ0n) is 13.7. The van der Waals surface area contributed by atoms with E-state index in [2.05, 4.69) is 20.2 Å². The zero-order chi connectivity index (χ0) is 17.0. The largest absolute Gasteiger partial charge is 0.359 e. The molecule has 1 aromatic rings. The van der Waals surface area contributed by atoms with Gasteiger partial charge < -0.3 is 5.32 Å². The SMILES string of the molecule is CNC(=O)C1CN(Cc2ccnc(C)n2)CCN(S(C)(=O)=O)C1. The maximum atomic E-state index is 12.1. The molecule has 1 atom stereocenters. The Morgan fingerprint density at radius 3 is 2.74 bits per heavy atom. The summed E-state index contributed by atoms with van der Waals surface area (Å²) in [5.74, 6) is 0.141. The molecule has 0 saturated carbocycles. The van der Waals surface area contributed by atoms with Gasteiger partial charge in [0.25, 0.3) is 0 Å². The molecule has 8 nitrogen and oxygen atoms in total. The highest BCUT2D eigenvalue weighted by molar-refractivity contribution is 7.88. The summed E-state index contributed by atoms with van der Waals surface area (Å²) in [6, 6.07) is 1.83. The Bertz CT molecular complexity index is 664. The van der Waals surface area contributed by atoms with Gasteiger partial charge in [-0.05, 0) is 13.0 Å². The highest BCUT2D eigenvalue weighted by Gasteiger charge is 2.31. The monoisotopic (exact) mass is 341 g/mol. The predicted octanol–water partition coefficient (Wildman–Crippen LogP) is -0.776. The van der Waals surface area contributed by atoms with Gasteiger partial charge in [0.15, 0.2) is 0 Å². The molecule has 2 heterocycles. The molecule has 9 heteroatoms. The topological polar surface area (TPSA) is 95.5 Å². The first-order chi connectivity index (χ1) is 10.8. The smallest absolute Gasteiger partial charge is 0.225 e. The van der Waals surface area contributed by atoms with Crippen molar-refractivity contribution in [3.05, 3.63) is 23.8 Å². The molecule has 0 bridgehead atoms. The lowest BCUT2D eigenvalue weighted by atomic mass is 10.1. The molecule has 1 N–H and O–H groups in total. The molecular weight excluding hydrogens is 318 g/mol. The summed E-state index contributed by atoms with van der Waals surface area (Å²) >= 11 is 0. The van der Waals surface area contributed by atoms with E-state index in [-0.39, 0.29) is 12.5 Å². The molecular formula is C14H23N5O3S. The molecule has 1 aromatic heterocycles. The fourth-order valence-corrected chi connectivity index (χ4v) is 3.55. The quantitative estimate of drug-likeness (QED) is 0.772. The third-order valence-electron chi connectivity index (χ3n) is 3.87. The van der Waals surface area contributed by atoms with E-state index in [9.17, 15) is 13.2 Å². The number of carbonyl (C=O) groups excluding carboxylic acids is 1. The maximum absolute atomic E-state index is 12.1. The van der Waals surface area contributed by atoms with E-state index in [0.29, 0.717) is 32.0 Å². The van der Waals surface area contributed by atoms with Gasteiger partial charge in [0.05, 0.1) is 17.9 Å². The van der Waals surface area contributed by atoms with Gasteiger partial charge in [-0.3, -0.25) is 9.69 Å². The minimum Gasteiger partial charge on any atom is -0.359 e. The number of hydrogen-bond acceptors (Lipinski definition) is 6. The van der Waals surface area contributed by atoms with E-state index in [1.165, 1.54) is 10.6 Å². The van der Waals surface area contributed by atoms with Gasteiger partial charge >= 0.3 is 0 Å². The summed E-state index contributed by atoms with van der Waals surface area (Å²) in [5.41, 5.74) is 0.862. The molecule has 1 aliphatic heterocycles. The van der Waals surface area contributed by atoms with Crippen LogP contribution in [0, 0.1) is 12.8 Å². The van der Waals surface area contributed by atoms with Crippen LogP contribution in [0.5, 0.6) is 0 Å². The Labute approximate surface area is 137 Å². The second-order valence-electron chi connectivity index (χ2n) is 5.76. The number of hydrogen-bond donors (Lipinski definition) is 1. The molecule has 23 heavy (non-hydrogen) atoms. The van der Waals surface area contributed by atoms with Crippen LogP contribution in [0.2, 0.25) is 0 Å². The van der Waals surface area contributed by atoms with Crippen LogP contribution in [0.4, 0.5) is 0 Å². The van der Waals surface area contributed by atoms with Crippen molar-refractivity contribution in [3.63, 3.8) is 0 Å². The van der Waals surface area contributed by atoms with Gasteiger partial charge in [0.1, 0.15) is 5.82 Å². The molecule has 0 aliphatic carbocycles. The molecule has 0 aromatic carbocycles. The van der Waals surface area contributed by atoms with Gasteiger partial charge in [-0.1, -0.05) is 0 Å². The first kappa shape index (κ1) is 17.8. The molecule has 1 amide bonds. The average molecular weight is 341 g/mol. The van der Waals surface area contributed by atoms with E-state index in [1.54, 1.807) is 13.2 Å². The van der Waals surface area contributed by atoms with Crippen molar-refractivity contribution in [3.8, 4) is 0 Å². The first-order valence-electron chi connectivity index (χ1n) is 7.47. The van der Waals surface area contributed by atoms with Crippen molar-refractivity contribution in [2.24, 2.45) is 5.92 Å². The molecule has 0 spiro atoms. The molecule has 0 radical (unpaired) electrons. The Balaban J connectivity index is 2.16. The van der Waals surface area contributed by atoms with E-state index >= 15 is 0 Å². The fraction of sp³-hybridized carbons (Fsp3) is 0.643. The van der Waals surface area contributed by atoms with E-state index in [4.69, 9.17) is 0 Å². The fourth-order valence-electron chi connectivity index (χ4n) is 2.69. The van der Waals surface area contributed by atoms with Crippen molar-refractivity contribution in [1.82, 2.24) is 24.5 Å². The Kier molecular flexibility index (Phi) is 5.66. The van der Waals surface area contributed by atoms with Crippen molar-refractivity contribution >= 4 is 15.9 Å². The first-order valence-corrected chi connectivity index (χ1v) is 9.32. The number of carbonyl (C=O) groups is 1. The van der Waals surface area contributed by atoms with Crippen molar-refractivity contribution < 1.29 is 13.2 Å². The third-order valence-corrected chi connectivity index (χ3v) is 5.14. The molecule has 2 rings (SSSR count). The molecule has 128 valence electrons. The van der Waals surface area contributed by atoms with Crippen molar-refractivity contribution in [2.75, 3.05) is 39.5 Å². The lowest BCUT2D eigenvalue weighted by Crippen LogP contribution is -2.41. The summed E-state index contributed by atoms with van der Waals surface area (Å²) in [5, 5.41) is 2.62. The predicted molar refractivity (Wildman–Crippen MR) is 86.0 cm³/mol. The zero-order valence-corrected chi connectivity index (χ0v) is 14.5. The van der Waals surface area contributed by atoms with E-state index in [1.807, 2.05) is 13.0 Å².